The molecular formula is C5H7N4O. The predicted octanol–water partition coefficient (Wildman–Crippen LogP) is -0.789. The molecule has 0 aliphatic heterocycles. The maximum absolute atomic E-state index is 10.4. The van der Waals surface area contributed by atoms with E-state index in [1.54, 1.807) is 0 Å². The minimum absolute atomic E-state index is 0.170. The first-order valence-electron chi connectivity index (χ1n) is 2.73. The van der Waals surface area contributed by atoms with Crippen molar-refractivity contribution >= 4 is 5.91 Å². The van der Waals surface area contributed by atoms with Gasteiger partial charge in [0.15, 0.2) is 5.69 Å². The molecule has 53 valence electrons. The number of rotatable bonds is 2. The summed E-state index contributed by atoms with van der Waals surface area (Å²) in [4.78, 5) is 10.4. The molecule has 0 unspecified atom stereocenters. The molecule has 1 amide bonds. The molecule has 5 nitrogen and oxygen atoms in total. The summed E-state index contributed by atoms with van der Waals surface area (Å²) in [7, 11) is 0. The molecule has 0 saturated carbocycles. The van der Waals surface area contributed by atoms with E-state index in [0.29, 0.717) is 6.54 Å². The molecule has 1 aromatic heterocycles. The van der Waals surface area contributed by atoms with Crippen LogP contribution in [0.3, 0.4) is 0 Å². The van der Waals surface area contributed by atoms with Crippen molar-refractivity contribution in [2.24, 2.45) is 5.73 Å². The van der Waals surface area contributed by atoms with Crippen LogP contribution in [0.15, 0.2) is 6.20 Å². The van der Waals surface area contributed by atoms with Gasteiger partial charge < -0.3 is 5.73 Å². The van der Waals surface area contributed by atoms with Crippen LogP contribution in [-0.4, -0.2) is 20.9 Å². The second-order valence-corrected chi connectivity index (χ2v) is 1.73. The second-order valence-electron chi connectivity index (χ2n) is 1.73. The summed E-state index contributed by atoms with van der Waals surface area (Å²) in [6, 6.07) is 0. The lowest BCUT2D eigenvalue weighted by Gasteiger charge is -1.86. The Morgan fingerprint density at radius 2 is 2.60 bits per heavy atom. The highest BCUT2D eigenvalue weighted by atomic mass is 16.1. The Labute approximate surface area is 57.8 Å². The SMILES string of the molecule is [CH2]Cn1cc(C(N)=O)nn1. The highest BCUT2D eigenvalue weighted by Crippen LogP contribution is 1.89. The molecule has 0 aromatic carbocycles. The van der Waals surface area contributed by atoms with Gasteiger partial charge in [-0.2, -0.15) is 0 Å². The van der Waals surface area contributed by atoms with Gasteiger partial charge in [0.25, 0.3) is 5.91 Å². The Bertz CT molecular complexity index is 242. The fraction of sp³-hybridized carbons (Fsp3) is 0.200. The molecule has 0 bridgehead atoms. The smallest absolute Gasteiger partial charge is 0.270 e. The molecule has 0 atom stereocenters. The number of carbonyl (C=O) groups is 1. The van der Waals surface area contributed by atoms with Crippen molar-refractivity contribution in [1.82, 2.24) is 15.0 Å². The van der Waals surface area contributed by atoms with E-state index in [1.807, 2.05) is 0 Å². The van der Waals surface area contributed by atoms with Crippen molar-refractivity contribution in [3.63, 3.8) is 0 Å². The first kappa shape index (κ1) is 6.73. The number of nitrogens with two attached hydrogens (primary N) is 1. The van der Waals surface area contributed by atoms with Crippen molar-refractivity contribution in [2.75, 3.05) is 0 Å². The summed E-state index contributed by atoms with van der Waals surface area (Å²) in [5.41, 5.74) is 5.08. The maximum Gasteiger partial charge on any atom is 0.270 e. The summed E-state index contributed by atoms with van der Waals surface area (Å²) in [5, 5.41) is 7.04. The number of amides is 1. The zero-order valence-electron chi connectivity index (χ0n) is 5.32. The Morgan fingerprint density at radius 1 is 1.90 bits per heavy atom. The summed E-state index contributed by atoms with van der Waals surface area (Å²) in [6.45, 7) is 3.98. The average molecular weight is 139 g/mol. The van der Waals surface area contributed by atoms with E-state index in [-0.39, 0.29) is 5.69 Å². The average Bonchev–Trinajstić information content (AvgIpc) is 2.34. The maximum atomic E-state index is 10.4. The van der Waals surface area contributed by atoms with Gasteiger partial charge in [0.2, 0.25) is 0 Å². The lowest BCUT2D eigenvalue weighted by Crippen LogP contribution is -2.11. The van der Waals surface area contributed by atoms with Crippen molar-refractivity contribution < 1.29 is 4.79 Å². The van der Waals surface area contributed by atoms with Crippen molar-refractivity contribution in [2.45, 2.75) is 6.54 Å². The fourth-order valence-corrected chi connectivity index (χ4v) is 0.521. The van der Waals surface area contributed by atoms with Gasteiger partial charge in [0.05, 0.1) is 6.20 Å². The zero-order chi connectivity index (χ0) is 7.56. The number of aromatic nitrogens is 3. The third-order valence-corrected chi connectivity index (χ3v) is 1.02. The summed E-state index contributed by atoms with van der Waals surface area (Å²) >= 11 is 0. The molecule has 5 heteroatoms. The van der Waals surface area contributed by atoms with Gasteiger partial charge in [-0.3, -0.25) is 9.48 Å². The molecule has 0 saturated heterocycles. The molecule has 1 aromatic rings. The lowest BCUT2D eigenvalue weighted by atomic mass is 10.5. The molecule has 0 aliphatic rings. The normalized spacial score (nSPS) is 9.70. The van der Waals surface area contributed by atoms with Crippen molar-refractivity contribution in [3.8, 4) is 0 Å². The van der Waals surface area contributed by atoms with E-state index >= 15 is 0 Å². The number of hydrogen-bond donors (Lipinski definition) is 1. The van der Waals surface area contributed by atoms with E-state index in [2.05, 4.69) is 17.2 Å². The van der Waals surface area contributed by atoms with Crippen LogP contribution in [0.1, 0.15) is 10.5 Å². The van der Waals surface area contributed by atoms with Crippen LogP contribution < -0.4 is 5.73 Å². The van der Waals surface area contributed by atoms with Crippen molar-refractivity contribution in [1.29, 1.82) is 0 Å². The minimum Gasteiger partial charge on any atom is -0.364 e. The summed E-state index contributed by atoms with van der Waals surface area (Å²) < 4.78 is 1.43. The molecule has 0 aliphatic carbocycles. The van der Waals surface area contributed by atoms with Gasteiger partial charge in [-0.05, 0) is 6.92 Å². The molecule has 2 N–H and O–H groups in total. The third-order valence-electron chi connectivity index (χ3n) is 1.02. The molecule has 1 radical (unpaired) electrons. The van der Waals surface area contributed by atoms with Crippen LogP contribution in [0.5, 0.6) is 0 Å². The van der Waals surface area contributed by atoms with Crippen molar-refractivity contribution in [3.05, 3.63) is 18.8 Å². The molecule has 1 heterocycles. The van der Waals surface area contributed by atoms with E-state index in [4.69, 9.17) is 5.73 Å². The fourth-order valence-electron chi connectivity index (χ4n) is 0.521. The highest BCUT2D eigenvalue weighted by Gasteiger charge is 2.03. The molecule has 0 fully saturated rings. The van der Waals surface area contributed by atoms with E-state index < -0.39 is 5.91 Å². The van der Waals surface area contributed by atoms with Gasteiger partial charge in [-0.1, -0.05) is 5.21 Å². The largest absolute Gasteiger partial charge is 0.364 e. The first-order chi connectivity index (χ1) is 4.74. The minimum atomic E-state index is -0.570. The van der Waals surface area contributed by atoms with E-state index in [0.717, 1.165) is 0 Å². The van der Waals surface area contributed by atoms with Crippen LogP contribution in [0, 0.1) is 6.92 Å². The number of primary amides is 1. The van der Waals surface area contributed by atoms with Crippen LogP contribution >= 0.6 is 0 Å². The van der Waals surface area contributed by atoms with Crippen LogP contribution in [-0.2, 0) is 6.54 Å². The quantitative estimate of drug-likeness (QED) is 0.583. The summed E-state index contributed by atoms with van der Waals surface area (Å²) in [5.74, 6) is -0.570. The van der Waals surface area contributed by atoms with Crippen LogP contribution in [0.4, 0.5) is 0 Å². The van der Waals surface area contributed by atoms with Gasteiger partial charge >= 0.3 is 0 Å². The third kappa shape index (κ3) is 1.12. The summed E-state index contributed by atoms with van der Waals surface area (Å²) in [6.07, 6.45) is 1.45. The Hall–Kier alpha value is -1.39. The van der Waals surface area contributed by atoms with Crippen LogP contribution in [0.25, 0.3) is 0 Å². The molecule has 1 rings (SSSR count). The lowest BCUT2D eigenvalue weighted by molar-refractivity contribution is 0.0995. The number of nitrogens with zero attached hydrogens (tertiary/aromatic N) is 3. The van der Waals surface area contributed by atoms with Gasteiger partial charge in [0, 0.05) is 6.54 Å². The number of hydrogen-bond acceptors (Lipinski definition) is 3. The van der Waals surface area contributed by atoms with Gasteiger partial charge in [-0.15, -0.1) is 5.10 Å². The second kappa shape index (κ2) is 2.47. The topological polar surface area (TPSA) is 73.8 Å². The van der Waals surface area contributed by atoms with E-state index in [9.17, 15) is 4.79 Å². The first-order valence-corrected chi connectivity index (χ1v) is 2.73. The van der Waals surface area contributed by atoms with Gasteiger partial charge in [0.1, 0.15) is 0 Å². The van der Waals surface area contributed by atoms with E-state index in [1.165, 1.54) is 10.9 Å². The van der Waals surface area contributed by atoms with Gasteiger partial charge in [-0.25, -0.2) is 0 Å². The highest BCUT2D eigenvalue weighted by molar-refractivity contribution is 5.90. The molecule has 0 spiro atoms. The van der Waals surface area contributed by atoms with Crippen LogP contribution in [0.2, 0.25) is 0 Å². The Balaban J connectivity index is 2.88. The zero-order valence-corrected chi connectivity index (χ0v) is 5.32. The molecule has 10 heavy (non-hydrogen) atoms. The Morgan fingerprint density at radius 3 is 2.90 bits per heavy atom. The Kier molecular flexibility index (Phi) is 1.66. The monoisotopic (exact) mass is 139 g/mol. The predicted molar refractivity (Wildman–Crippen MR) is 33.9 cm³/mol. The number of carbonyl (C=O) groups excluding carboxylic acids is 1. The standard InChI is InChI=1S/C5H7N4O/c1-2-9-3-4(5(6)10)7-8-9/h3H,1-2H2,(H2,6,10). The molecular weight excluding hydrogens is 132 g/mol.